The molecule has 0 radical (unpaired) electrons. The van der Waals surface area contributed by atoms with Crippen LogP contribution in [-0.4, -0.2) is 0 Å². The third kappa shape index (κ3) is 20.3. The van der Waals surface area contributed by atoms with E-state index >= 15 is 0 Å². The Hall–Kier alpha value is 0. The van der Waals surface area contributed by atoms with Gasteiger partial charge in [0.25, 0.3) is 0 Å². The molecule has 0 aromatic carbocycles. The fraction of sp³-hybridized carbons (Fsp3) is 1.00. The molecule has 0 aliphatic rings. The van der Waals surface area contributed by atoms with Gasteiger partial charge in [0.1, 0.15) is 0 Å². The van der Waals surface area contributed by atoms with Gasteiger partial charge in [0.2, 0.25) is 0 Å². The topological polar surface area (TPSA) is 0 Å². The van der Waals surface area contributed by atoms with Crippen molar-refractivity contribution in [2.45, 2.75) is 107 Å². The van der Waals surface area contributed by atoms with E-state index in [9.17, 15) is 0 Å². The SMILES string of the molecule is CCC(C)C.CCC(C)CCCC(C)CCCC(C)C. The maximum Gasteiger partial charge on any atom is -0.0443 e. The van der Waals surface area contributed by atoms with Crippen molar-refractivity contribution in [1.82, 2.24) is 0 Å². The van der Waals surface area contributed by atoms with E-state index in [1.807, 2.05) is 0 Å². The molecule has 0 heteroatoms. The van der Waals surface area contributed by atoms with E-state index in [2.05, 4.69) is 55.4 Å². The largest absolute Gasteiger partial charge is 0.0651 e. The Labute approximate surface area is 131 Å². The van der Waals surface area contributed by atoms with Crippen molar-refractivity contribution in [2.75, 3.05) is 0 Å². The summed E-state index contributed by atoms with van der Waals surface area (Å²) in [5.74, 6) is 3.66. The third-order valence-corrected chi connectivity index (χ3v) is 4.39. The summed E-state index contributed by atoms with van der Waals surface area (Å²) in [6, 6.07) is 0. The minimum atomic E-state index is 0.884. The molecule has 0 saturated carbocycles. The molecule has 2 unspecified atom stereocenters. The highest BCUT2D eigenvalue weighted by Gasteiger charge is 2.04. The second kappa shape index (κ2) is 15.4. The predicted octanol–water partition coefficient (Wildman–Crippen LogP) is 7.72. The van der Waals surface area contributed by atoms with Crippen molar-refractivity contribution in [3.63, 3.8) is 0 Å². The van der Waals surface area contributed by atoms with Crippen LogP contribution in [0.25, 0.3) is 0 Å². The minimum absolute atomic E-state index is 0.884. The molecule has 0 fully saturated rings. The molecule has 0 aromatic rings. The van der Waals surface area contributed by atoms with Crippen LogP contribution in [0, 0.1) is 23.7 Å². The lowest BCUT2D eigenvalue weighted by atomic mass is 9.93. The molecule has 0 saturated heterocycles. The maximum atomic E-state index is 2.43. The number of hydrogen-bond acceptors (Lipinski definition) is 0. The van der Waals surface area contributed by atoms with Crippen LogP contribution in [0.4, 0.5) is 0 Å². The van der Waals surface area contributed by atoms with Gasteiger partial charge in [-0.3, -0.25) is 0 Å². The first-order valence-corrected chi connectivity index (χ1v) is 9.33. The van der Waals surface area contributed by atoms with Gasteiger partial charge in [-0.15, -0.1) is 0 Å². The maximum absolute atomic E-state index is 2.43. The lowest BCUT2D eigenvalue weighted by Crippen LogP contribution is -1.99. The van der Waals surface area contributed by atoms with E-state index in [1.165, 1.54) is 51.4 Å². The number of rotatable bonds is 10. The van der Waals surface area contributed by atoms with Crippen LogP contribution in [-0.2, 0) is 0 Å². The van der Waals surface area contributed by atoms with Crippen molar-refractivity contribution in [1.29, 1.82) is 0 Å². The summed E-state index contributed by atoms with van der Waals surface area (Å²) in [4.78, 5) is 0. The molecular formula is C20H44. The van der Waals surface area contributed by atoms with Gasteiger partial charge in [0.05, 0.1) is 0 Å². The van der Waals surface area contributed by atoms with Crippen LogP contribution in [0.3, 0.4) is 0 Å². The van der Waals surface area contributed by atoms with Gasteiger partial charge in [-0.2, -0.15) is 0 Å². The molecule has 0 heterocycles. The molecule has 0 bridgehead atoms. The highest BCUT2D eigenvalue weighted by Crippen LogP contribution is 2.19. The molecule has 0 rings (SSSR count). The van der Waals surface area contributed by atoms with Gasteiger partial charge in [-0.25, -0.2) is 0 Å². The fourth-order valence-electron chi connectivity index (χ4n) is 2.04. The fourth-order valence-corrected chi connectivity index (χ4v) is 2.04. The first kappa shape index (κ1) is 22.3. The molecule has 0 N–H and O–H groups in total. The Morgan fingerprint density at radius 2 is 0.900 bits per heavy atom. The molecule has 2 atom stereocenters. The molecular weight excluding hydrogens is 240 g/mol. The van der Waals surface area contributed by atoms with Crippen LogP contribution in [0.15, 0.2) is 0 Å². The van der Waals surface area contributed by atoms with Gasteiger partial charge in [0.15, 0.2) is 0 Å². The quantitative estimate of drug-likeness (QED) is 0.385. The average molecular weight is 285 g/mol. The zero-order valence-corrected chi connectivity index (χ0v) is 16.0. The summed E-state index contributed by atoms with van der Waals surface area (Å²) in [7, 11) is 0. The summed E-state index contributed by atoms with van der Waals surface area (Å²) in [6.07, 6.45) is 11.3. The van der Waals surface area contributed by atoms with Gasteiger partial charge in [0, 0.05) is 0 Å². The lowest BCUT2D eigenvalue weighted by Gasteiger charge is -2.13. The van der Waals surface area contributed by atoms with Crippen molar-refractivity contribution in [3.05, 3.63) is 0 Å². The molecule has 0 amide bonds. The van der Waals surface area contributed by atoms with E-state index in [0.717, 1.165) is 23.7 Å². The van der Waals surface area contributed by atoms with E-state index in [1.54, 1.807) is 0 Å². The molecule has 0 spiro atoms. The Balaban J connectivity index is 0. The number of hydrogen-bond donors (Lipinski definition) is 0. The first-order valence-electron chi connectivity index (χ1n) is 9.33. The van der Waals surface area contributed by atoms with Gasteiger partial charge < -0.3 is 0 Å². The van der Waals surface area contributed by atoms with Crippen LogP contribution in [0.2, 0.25) is 0 Å². The van der Waals surface area contributed by atoms with Gasteiger partial charge in [-0.1, -0.05) is 107 Å². The van der Waals surface area contributed by atoms with E-state index in [4.69, 9.17) is 0 Å². The second-order valence-electron chi connectivity index (χ2n) is 7.68. The smallest absolute Gasteiger partial charge is 0.0443 e. The second-order valence-corrected chi connectivity index (χ2v) is 7.68. The zero-order chi connectivity index (χ0) is 16.0. The normalized spacial score (nSPS) is 14.1. The highest BCUT2D eigenvalue weighted by atomic mass is 14.1. The van der Waals surface area contributed by atoms with Crippen molar-refractivity contribution >= 4 is 0 Å². The predicted molar refractivity (Wildman–Crippen MR) is 96.3 cm³/mol. The van der Waals surface area contributed by atoms with Gasteiger partial charge >= 0.3 is 0 Å². The summed E-state index contributed by atoms with van der Waals surface area (Å²) in [5, 5.41) is 0. The Kier molecular flexibility index (Phi) is 17.1. The Morgan fingerprint density at radius 1 is 0.500 bits per heavy atom. The minimum Gasteiger partial charge on any atom is -0.0651 e. The standard InChI is InChI=1S/C15H32.C5H12/c1-6-14(4)10-8-12-15(5)11-7-9-13(2)3;1-4-5(2)3/h13-15H,6-12H2,1-5H3;5H,4H2,1-3H3. The Morgan fingerprint density at radius 3 is 1.25 bits per heavy atom. The van der Waals surface area contributed by atoms with Gasteiger partial charge in [-0.05, 0) is 23.7 Å². The first-order chi connectivity index (χ1) is 9.33. The summed E-state index contributed by atoms with van der Waals surface area (Å²) < 4.78 is 0. The Bertz CT molecular complexity index is 169. The molecule has 20 heavy (non-hydrogen) atoms. The van der Waals surface area contributed by atoms with E-state index < -0.39 is 0 Å². The van der Waals surface area contributed by atoms with E-state index in [0.29, 0.717) is 0 Å². The summed E-state index contributed by atoms with van der Waals surface area (Å²) in [5.41, 5.74) is 0. The molecule has 0 aromatic heterocycles. The van der Waals surface area contributed by atoms with Crippen molar-refractivity contribution < 1.29 is 0 Å². The van der Waals surface area contributed by atoms with Crippen LogP contribution in [0.5, 0.6) is 0 Å². The molecule has 124 valence electrons. The molecule has 0 aliphatic heterocycles. The lowest BCUT2D eigenvalue weighted by molar-refractivity contribution is 0.397. The van der Waals surface area contributed by atoms with E-state index in [-0.39, 0.29) is 0 Å². The van der Waals surface area contributed by atoms with Crippen molar-refractivity contribution in [2.24, 2.45) is 23.7 Å². The molecule has 0 nitrogen and oxygen atoms in total. The monoisotopic (exact) mass is 284 g/mol. The van der Waals surface area contributed by atoms with Crippen LogP contribution < -0.4 is 0 Å². The average Bonchev–Trinajstić information content (AvgIpc) is 2.38. The van der Waals surface area contributed by atoms with Crippen molar-refractivity contribution in [3.8, 4) is 0 Å². The zero-order valence-electron chi connectivity index (χ0n) is 16.0. The van der Waals surface area contributed by atoms with Crippen LogP contribution >= 0.6 is 0 Å². The van der Waals surface area contributed by atoms with Crippen LogP contribution in [0.1, 0.15) is 107 Å². The summed E-state index contributed by atoms with van der Waals surface area (Å²) in [6.45, 7) is 18.4. The third-order valence-electron chi connectivity index (χ3n) is 4.39. The summed E-state index contributed by atoms with van der Waals surface area (Å²) >= 11 is 0. The molecule has 0 aliphatic carbocycles. The highest BCUT2D eigenvalue weighted by molar-refractivity contribution is 4.58.